The Morgan fingerprint density at radius 1 is 1.27 bits per heavy atom. The van der Waals surface area contributed by atoms with E-state index in [-0.39, 0.29) is 29.7 Å². The molecule has 0 aliphatic heterocycles. The average Bonchev–Trinajstić information content (AvgIpc) is 2.41. The molecule has 0 saturated carbocycles. The number of benzene rings is 1. The van der Waals surface area contributed by atoms with Crippen LogP contribution >= 0.6 is 35.6 Å². The van der Waals surface area contributed by atoms with E-state index < -0.39 is 9.84 Å². The lowest BCUT2D eigenvalue weighted by atomic mass is 10.2. The number of hydrogen-bond donors (Lipinski definition) is 2. The van der Waals surface area contributed by atoms with E-state index in [9.17, 15) is 8.42 Å². The summed E-state index contributed by atoms with van der Waals surface area (Å²) in [6.45, 7) is 3.74. The number of sulfone groups is 1. The fourth-order valence-corrected chi connectivity index (χ4v) is 2.54. The van der Waals surface area contributed by atoms with Crippen LogP contribution < -0.4 is 10.6 Å². The maximum atomic E-state index is 11.1. The SMILES string of the molecule is CCNC(=NCc1ccccc1Cl)NCCCS(C)(=O)=O.I. The minimum Gasteiger partial charge on any atom is -0.357 e. The van der Waals surface area contributed by atoms with E-state index in [0.717, 1.165) is 12.1 Å². The summed E-state index contributed by atoms with van der Waals surface area (Å²) in [5.41, 5.74) is 0.951. The summed E-state index contributed by atoms with van der Waals surface area (Å²) in [5.74, 6) is 0.829. The number of nitrogens with one attached hydrogen (secondary N) is 2. The molecule has 1 aromatic carbocycles. The van der Waals surface area contributed by atoms with Crippen LogP contribution in [-0.4, -0.2) is 39.5 Å². The standard InChI is InChI=1S/C14H22ClN3O2S.HI/c1-3-16-14(17-9-6-10-21(2,19)20)18-11-12-7-4-5-8-13(12)15;/h4-5,7-8H,3,6,9-11H2,1-2H3,(H2,16,17,18);1H. The molecule has 0 spiro atoms. The molecule has 0 bridgehead atoms. The topological polar surface area (TPSA) is 70.6 Å². The van der Waals surface area contributed by atoms with Gasteiger partial charge in [-0.05, 0) is 25.0 Å². The second kappa shape index (κ2) is 11.1. The van der Waals surface area contributed by atoms with Crippen LogP contribution in [0, 0.1) is 0 Å². The van der Waals surface area contributed by atoms with Crippen molar-refractivity contribution in [3.63, 3.8) is 0 Å². The fraction of sp³-hybridized carbons (Fsp3) is 0.500. The molecule has 1 rings (SSSR count). The van der Waals surface area contributed by atoms with Gasteiger partial charge in [0.1, 0.15) is 9.84 Å². The van der Waals surface area contributed by atoms with Gasteiger partial charge in [0.25, 0.3) is 0 Å². The lowest BCUT2D eigenvalue weighted by molar-refractivity contribution is 0.598. The molecule has 0 saturated heterocycles. The van der Waals surface area contributed by atoms with Gasteiger partial charge in [-0.1, -0.05) is 29.8 Å². The summed E-state index contributed by atoms with van der Waals surface area (Å²) >= 11 is 6.08. The molecular formula is C14H23ClIN3O2S. The molecule has 0 aliphatic rings. The van der Waals surface area contributed by atoms with Crippen molar-refractivity contribution in [3.8, 4) is 0 Å². The molecule has 0 unspecified atom stereocenters. The Bertz CT molecular complexity index is 579. The Kier molecular flexibility index (Phi) is 10.8. The van der Waals surface area contributed by atoms with Gasteiger partial charge in [0.05, 0.1) is 12.3 Å². The van der Waals surface area contributed by atoms with E-state index >= 15 is 0 Å². The highest BCUT2D eigenvalue weighted by Crippen LogP contribution is 2.15. The lowest BCUT2D eigenvalue weighted by Crippen LogP contribution is -2.38. The van der Waals surface area contributed by atoms with Crippen LogP contribution in [0.4, 0.5) is 0 Å². The number of nitrogens with zero attached hydrogens (tertiary/aromatic N) is 1. The Balaban J connectivity index is 0.00000441. The molecule has 22 heavy (non-hydrogen) atoms. The summed E-state index contributed by atoms with van der Waals surface area (Å²) in [6.07, 6.45) is 1.79. The van der Waals surface area contributed by atoms with Crippen molar-refractivity contribution in [3.05, 3.63) is 34.9 Å². The quantitative estimate of drug-likeness (QED) is 0.284. The highest BCUT2D eigenvalue weighted by molar-refractivity contribution is 14.0. The molecule has 0 radical (unpaired) electrons. The molecule has 0 aromatic heterocycles. The zero-order valence-electron chi connectivity index (χ0n) is 12.8. The van der Waals surface area contributed by atoms with Gasteiger partial charge in [0, 0.05) is 24.4 Å². The molecule has 5 nitrogen and oxygen atoms in total. The third-order valence-corrected chi connectivity index (χ3v) is 4.09. The highest BCUT2D eigenvalue weighted by Gasteiger charge is 2.03. The Morgan fingerprint density at radius 2 is 1.95 bits per heavy atom. The lowest BCUT2D eigenvalue weighted by Gasteiger charge is -2.11. The van der Waals surface area contributed by atoms with E-state index in [4.69, 9.17) is 11.6 Å². The molecule has 0 heterocycles. The van der Waals surface area contributed by atoms with Gasteiger partial charge in [-0.25, -0.2) is 13.4 Å². The van der Waals surface area contributed by atoms with Crippen LogP contribution in [0.1, 0.15) is 18.9 Å². The first kappa shape index (κ1) is 21.5. The van der Waals surface area contributed by atoms with E-state index in [1.165, 1.54) is 6.26 Å². The van der Waals surface area contributed by atoms with Gasteiger partial charge in [0.2, 0.25) is 0 Å². The van der Waals surface area contributed by atoms with E-state index in [2.05, 4.69) is 15.6 Å². The summed E-state index contributed by atoms with van der Waals surface area (Å²) in [6, 6.07) is 7.56. The van der Waals surface area contributed by atoms with E-state index in [1.54, 1.807) is 0 Å². The monoisotopic (exact) mass is 459 g/mol. The third kappa shape index (κ3) is 9.47. The first-order valence-electron chi connectivity index (χ1n) is 6.85. The molecule has 8 heteroatoms. The molecule has 1 aromatic rings. The predicted octanol–water partition coefficient (Wildman–Crippen LogP) is 2.45. The predicted molar refractivity (Wildman–Crippen MR) is 104 cm³/mol. The number of guanidine groups is 1. The first-order chi connectivity index (χ1) is 9.92. The van der Waals surface area contributed by atoms with Gasteiger partial charge >= 0.3 is 0 Å². The zero-order valence-corrected chi connectivity index (χ0v) is 16.7. The molecule has 0 atom stereocenters. The number of rotatable bonds is 7. The highest BCUT2D eigenvalue weighted by atomic mass is 127. The second-order valence-corrected chi connectivity index (χ2v) is 7.36. The Hall–Kier alpha value is -0.540. The molecule has 0 fully saturated rings. The number of halogens is 2. The Morgan fingerprint density at radius 3 is 2.55 bits per heavy atom. The maximum absolute atomic E-state index is 11.1. The summed E-state index contributed by atoms with van der Waals surface area (Å²) in [5, 5.41) is 6.92. The van der Waals surface area contributed by atoms with Crippen molar-refractivity contribution in [1.82, 2.24) is 10.6 Å². The van der Waals surface area contributed by atoms with Crippen molar-refractivity contribution in [1.29, 1.82) is 0 Å². The summed E-state index contributed by atoms with van der Waals surface area (Å²) in [7, 11) is -2.91. The Labute approximate surface area is 154 Å². The van der Waals surface area contributed by atoms with Crippen molar-refractivity contribution >= 4 is 51.4 Å². The van der Waals surface area contributed by atoms with Gasteiger partial charge < -0.3 is 10.6 Å². The average molecular weight is 460 g/mol. The minimum atomic E-state index is -2.91. The van der Waals surface area contributed by atoms with Crippen LogP contribution in [0.2, 0.25) is 5.02 Å². The smallest absolute Gasteiger partial charge is 0.191 e. The van der Waals surface area contributed by atoms with Gasteiger partial charge in [-0.15, -0.1) is 24.0 Å². The zero-order chi connectivity index (χ0) is 15.7. The largest absolute Gasteiger partial charge is 0.357 e. The van der Waals surface area contributed by atoms with Crippen LogP contribution in [0.25, 0.3) is 0 Å². The van der Waals surface area contributed by atoms with Crippen molar-refractivity contribution in [2.75, 3.05) is 25.1 Å². The van der Waals surface area contributed by atoms with E-state index in [1.807, 2.05) is 31.2 Å². The molecule has 0 aliphatic carbocycles. The number of aliphatic imine (C=N–C) groups is 1. The van der Waals surface area contributed by atoms with Gasteiger partial charge in [-0.2, -0.15) is 0 Å². The summed E-state index contributed by atoms with van der Waals surface area (Å²) < 4.78 is 22.1. The van der Waals surface area contributed by atoms with Crippen LogP contribution in [0.15, 0.2) is 29.3 Å². The molecular weight excluding hydrogens is 437 g/mol. The fourth-order valence-electron chi connectivity index (χ4n) is 1.67. The normalized spacial score (nSPS) is 11.7. The number of hydrogen-bond acceptors (Lipinski definition) is 3. The van der Waals surface area contributed by atoms with Crippen LogP contribution in [0.3, 0.4) is 0 Å². The van der Waals surface area contributed by atoms with Crippen molar-refractivity contribution in [2.24, 2.45) is 4.99 Å². The first-order valence-corrected chi connectivity index (χ1v) is 9.29. The van der Waals surface area contributed by atoms with Gasteiger partial charge in [-0.3, -0.25) is 0 Å². The van der Waals surface area contributed by atoms with Crippen molar-refractivity contribution in [2.45, 2.75) is 19.9 Å². The van der Waals surface area contributed by atoms with Crippen LogP contribution in [-0.2, 0) is 16.4 Å². The van der Waals surface area contributed by atoms with E-state index in [0.29, 0.717) is 30.5 Å². The van der Waals surface area contributed by atoms with Gasteiger partial charge in [0.15, 0.2) is 5.96 Å². The van der Waals surface area contributed by atoms with Crippen LogP contribution in [0.5, 0.6) is 0 Å². The van der Waals surface area contributed by atoms with Crippen molar-refractivity contribution < 1.29 is 8.42 Å². The second-order valence-electron chi connectivity index (χ2n) is 4.70. The molecule has 126 valence electrons. The molecule has 2 N–H and O–H groups in total. The maximum Gasteiger partial charge on any atom is 0.191 e. The minimum absolute atomic E-state index is 0. The summed E-state index contributed by atoms with van der Waals surface area (Å²) in [4.78, 5) is 4.44. The molecule has 0 amide bonds. The third-order valence-electron chi connectivity index (χ3n) is 2.69.